The van der Waals surface area contributed by atoms with Crippen molar-refractivity contribution in [3.8, 4) is 0 Å². The summed E-state index contributed by atoms with van der Waals surface area (Å²) in [5, 5.41) is 5.82. The molecule has 2 aromatic rings. The first-order valence-electron chi connectivity index (χ1n) is 13.0. The van der Waals surface area contributed by atoms with Gasteiger partial charge in [0.2, 0.25) is 11.8 Å². The standard InChI is InChI=1S/C30H39N3O4S/c1-6-21-13-10-14-23(19-21)26(27(34)31-20-22-11-8-7-9-12-22)33(24-15-16-24)28(35)25(17-18-38-5)32-29(36)37-30(2,3)4/h6-14,19,24-26H,1,15-18,20H2,2-5H3,(H,31,34)(H,32,36). The fourth-order valence-corrected chi connectivity index (χ4v) is 4.64. The third kappa shape index (κ3) is 8.65. The van der Waals surface area contributed by atoms with E-state index in [1.807, 2.05) is 60.9 Å². The van der Waals surface area contributed by atoms with Crippen LogP contribution >= 0.6 is 11.8 Å². The highest BCUT2D eigenvalue weighted by Gasteiger charge is 2.44. The molecular weight excluding hydrogens is 498 g/mol. The van der Waals surface area contributed by atoms with Crippen LogP contribution in [0.1, 0.15) is 62.8 Å². The number of ether oxygens (including phenoxy) is 1. The van der Waals surface area contributed by atoms with Crippen LogP contribution in [0.25, 0.3) is 6.08 Å². The van der Waals surface area contributed by atoms with E-state index in [1.54, 1.807) is 43.5 Å². The lowest BCUT2D eigenvalue weighted by molar-refractivity contribution is -0.143. The van der Waals surface area contributed by atoms with Crippen LogP contribution in [0, 0.1) is 0 Å². The monoisotopic (exact) mass is 537 g/mol. The molecule has 204 valence electrons. The van der Waals surface area contributed by atoms with Gasteiger partial charge in [0.25, 0.3) is 0 Å². The maximum Gasteiger partial charge on any atom is 0.408 e. The zero-order chi connectivity index (χ0) is 27.7. The van der Waals surface area contributed by atoms with Gasteiger partial charge < -0.3 is 20.3 Å². The van der Waals surface area contributed by atoms with Gasteiger partial charge in [0.1, 0.15) is 17.7 Å². The largest absolute Gasteiger partial charge is 0.444 e. The third-order valence-electron chi connectivity index (χ3n) is 6.09. The molecule has 0 heterocycles. The molecule has 0 bridgehead atoms. The Morgan fingerprint density at radius 3 is 2.45 bits per heavy atom. The van der Waals surface area contributed by atoms with E-state index in [9.17, 15) is 14.4 Å². The van der Waals surface area contributed by atoms with Crippen LogP contribution in [0.15, 0.2) is 61.2 Å². The van der Waals surface area contributed by atoms with Crippen LogP contribution in [-0.4, -0.2) is 52.5 Å². The minimum absolute atomic E-state index is 0.0837. The number of hydrogen-bond donors (Lipinski definition) is 2. The number of benzene rings is 2. The summed E-state index contributed by atoms with van der Waals surface area (Å²) in [6.07, 6.45) is 5.05. The molecule has 1 aliphatic carbocycles. The van der Waals surface area contributed by atoms with E-state index in [0.717, 1.165) is 24.0 Å². The lowest BCUT2D eigenvalue weighted by Gasteiger charge is -2.35. The Morgan fingerprint density at radius 1 is 1.13 bits per heavy atom. The minimum Gasteiger partial charge on any atom is -0.444 e. The van der Waals surface area contributed by atoms with E-state index < -0.39 is 23.8 Å². The average molecular weight is 538 g/mol. The average Bonchev–Trinajstić information content (AvgIpc) is 3.72. The summed E-state index contributed by atoms with van der Waals surface area (Å²) < 4.78 is 5.45. The molecule has 1 fully saturated rings. The van der Waals surface area contributed by atoms with E-state index in [0.29, 0.717) is 24.3 Å². The zero-order valence-electron chi connectivity index (χ0n) is 22.7. The summed E-state index contributed by atoms with van der Waals surface area (Å²) in [6, 6.07) is 15.4. The Labute approximate surface area is 230 Å². The van der Waals surface area contributed by atoms with Crippen molar-refractivity contribution in [2.24, 2.45) is 0 Å². The first kappa shape index (κ1) is 29.3. The van der Waals surface area contributed by atoms with E-state index in [4.69, 9.17) is 4.74 Å². The molecule has 1 aliphatic rings. The van der Waals surface area contributed by atoms with Crippen LogP contribution in [0.4, 0.5) is 4.79 Å². The van der Waals surface area contributed by atoms with Gasteiger partial charge in [-0.3, -0.25) is 9.59 Å². The smallest absolute Gasteiger partial charge is 0.408 e. The second-order valence-corrected chi connectivity index (χ2v) is 11.4. The highest BCUT2D eigenvalue weighted by molar-refractivity contribution is 7.98. The maximum atomic E-state index is 14.1. The summed E-state index contributed by atoms with van der Waals surface area (Å²) in [7, 11) is 0. The molecule has 0 spiro atoms. The highest BCUT2D eigenvalue weighted by Crippen LogP contribution is 2.36. The fraction of sp³-hybridized carbons (Fsp3) is 0.433. The summed E-state index contributed by atoms with van der Waals surface area (Å²) in [5.41, 5.74) is 1.83. The van der Waals surface area contributed by atoms with Crippen molar-refractivity contribution in [1.82, 2.24) is 15.5 Å². The highest BCUT2D eigenvalue weighted by atomic mass is 32.2. The van der Waals surface area contributed by atoms with E-state index >= 15 is 0 Å². The van der Waals surface area contributed by atoms with E-state index in [2.05, 4.69) is 17.2 Å². The van der Waals surface area contributed by atoms with Crippen molar-refractivity contribution < 1.29 is 19.1 Å². The molecule has 0 saturated heterocycles. The topological polar surface area (TPSA) is 87.7 Å². The quantitative estimate of drug-likeness (QED) is 0.382. The summed E-state index contributed by atoms with van der Waals surface area (Å²) in [4.78, 5) is 42.3. The summed E-state index contributed by atoms with van der Waals surface area (Å²) >= 11 is 1.59. The zero-order valence-corrected chi connectivity index (χ0v) is 23.6. The number of hydrogen-bond acceptors (Lipinski definition) is 5. The normalized spacial score (nSPS) is 14.6. The Morgan fingerprint density at radius 2 is 1.84 bits per heavy atom. The molecule has 0 aliphatic heterocycles. The molecule has 3 rings (SSSR count). The van der Waals surface area contributed by atoms with E-state index in [-0.39, 0.29) is 17.9 Å². The van der Waals surface area contributed by atoms with Crippen molar-refractivity contribution in [1.29, 1.82) is 0 Å². The number of carbonyl (C=O) groups is 3. The van der Waals surface area contributed by atoms with Gasteiger partial charge >= 0.3 is 6.09 Å². The number of nitrogens with zero attached hydrogens (tertiary/aromatic N) is 1. The van der Waals surface area contributed by atoms with Crippen LogP contribution < -0.4 is 10.6 Å². The van der Waals surface area contributed by atoms with Gasteiger partial charge in [-0.25, -0.2) is 4.79 Å². The molecule has 3 amide bonds. The van der Waals surface area contributed by atoms with Crippen molar-refractivity contribution in [2.45, 2.75) is 70.3 Å². The Kier molecular flexibility index (Phi) is 10.4. The number of rotatable bonds is 12. The molecule has 0 radical (unpaired) electrons. The van der Waals surface area contributed by atoms with Gasteiger partial charge in [0.05, 0.1) is 0 Å². The van der Waals surface area contributed by atoms with E-state index in [1.165, 1.54) is 0 Å². The minimum atomic E-state index is -0.851. The molecule has 8 heteroatoms. The fourth-order valence-electron chi connectivity index (χ4n) is 4.17. The first-order chi connectivity index (χ1) is 18.1. The Balaban J connectivity index is 1.94. The number of thioether (sulfide) groups is 1. The van der Waals surface area contributed by atoms with Crippen molar-refractivity contribution in [2.75, 3.05) is 12.0 Å². The van der Waals surface area contributed by atoms with Crippen LogP contribution in [-0.2, 0) is 20.9 Å². The van der Waals surface area contributed by atoms with Gasteiger partial charge in [-0.15, -0.1) is 0 Å². The maximum absolute atomic E-state index is 14.1. The molecule has 7 nitrogen and oxygen atoms in total. The molecule has 2 unspecified atom stereocenters. The molecule has 2 aromatic carbocycles. The molecule has 2 atom stereocenters. The molecule has 1 saturated carbocycles. The second kappa shape index (κ2) is 13.5. The number of alkyl carbamates (subject to hydrolysis) is 1. The first-order valence-corrected chi connectivity index (χ1v) is 14.4. The number of nitrogens with one attached hydrogen (secondary N) is 2. The molecule has 2 N–H and O–H groups in total. The lowest BCUT2D eigenvalue weighted by atomic mass is 9.99. The van der Waals surface area contributed by atoms with Gasteiger partial charge in [-0.05, 0) is 74.8 Å². The third-order valence-corrected chi connectivity index (χ3v) is 6.74. The lowest BCUT2D eigenvalue weighted by Crippen LogP contribution is -2.54. The Bertz CT molecular complexity index is 1110. The van der Waals surface area contributed by atoms with Crippen LogP contribution in [0.3, 0.4) is 0 Å². The predicted octanol–water partition coefficient (Wildman–Crippen LogP) is 5.32. The van der Waals surface area contributed by atoms with Crippen molar-refractivity contribution in [3.63, 3.8) is 0 Å². The van der Waals surface area contributed by atoms with Crippen molar-refractivity contribution >= 4 is 35.7 Å². The molecular formula is C30H39N3O4S. The SMILES string of the molecule is C=Cc1cccc(C(C(=O)NCc2ccccc2)N(C(=O)C(CCSC)NC(=O)OC(C)(C)C)C2CC2)c1. The van der Waals surface area contributed by atoms with Gasteiger partial charge in [-0.1, -0.05) is 61.2 Å². The molecule has 38 heavy (non-hydrogen) atoms. The van der Waals surface area contributed by atoms with Gasteiger partial charge in [0.15, 0.2) is 0 Å². The predicted molar refractivity (Wildman–Crippen MR) is 154 cm³/mol. The van der Waals surface area contributed by atoms with Gasteiger partial charge in [0, 0.05) is 12.6 Å². The molecule has 0 aromatic heterocycles. The van der Waals surface area contributed by atoms with Crippen LogP contribution in [0.2, 0.25) is 0 Å². The van der Waals surface area contributed by atoms with Crippen molar-refractivity contribution in [3.05, 3.63) is 77.9 Å². The number of amides is 3. The second-order valence-electron chi connectivity index (χ2n) is 10.4. The van der Waals surface area contributed by atoms with Crippen LogP contribution in [0.5, 0.6) is 0 Å². The Hall–Kier alpha value is -3.26. The summed E-state index contributed by atoms with van der Waals surface area (Å²) in [6.45, 7) is 9.54. The van der Waals surface area contributed by atoms with Gasteiger partial charge in [-0.2, -0.15) is 11.8 Å². The summed E-state index contributed by atoms with van der Waals surface area (Å²) in [5.74, 6) is 0.120. The number of carbonyl (C=O) groups excluding carboxylic acids is 3.